The van der Waals surface area contributed by atoms with Crippen LogP contribution in [0.25, 0.3) is 10.9 Å². The van der Waals surface area contributed by atoms with E-state index in [9.17, 15) is 19.5 Å². The van der Waals surface area contributed by atoms with Gasteiger partial charge in [-0.15, -0.1) is 0 Å². The summed E-state index contributed by atoms with van der Waals surface area (Å²) < 4.78 is 1.87. The number of rotatable bonds is 8. The van der Waals surface area contributed by atoms with E-state index in [0.717, 1.165) is 10.9 Å². The molecule has 0 spiro atoms. The van der Waals surface area contributed by atoms with Crippen molar-refractivity contribution in [3.63, 3.8) is 0 Å². The Morgan fingerprint density at radius 3 is 2.52 bits per heavy atom. The number of Topliss-reactive ketones (excluding diaryl/α,β-unsaturated/α-hetero) is 1. The molecule has 2 atom stereocenters. The number of carbonyl (C=O) groups is 3. The average molecular weight is 344 g/mol. The molecule has 0 saturated heterocycles. The number of aryl methyl sites for hydroxylation is 1. The van der Waals surface area contributed by atoms with Gasteiger partial charge in [0.2, 0.25) is 5.91 Å². The second-order valence-electron chi connectivity index (χ2n) is 6.33. The van der Waals surface area contributed by atoms with E-state index in [2.05, 4.69) is 5.32 Å². The predicted molar refractivity (Wildman–Crippen MR) is 95.6 cm³/mol. The van der Waals surface area contributed by atoms with Crippen LogP contribution in [-0.2, 0) is 16.1 Å². The molecule has 2 rings (SSSR count). The van der Waals surface area contributed by atoms with E-state index >= 15 is 0 Å². The maximum Gasteiger partial charge on any atom is 0.326 e. The number of hydrogen-bond acceptors (Lipinski definition) is 3. The molecule has 0 unspecified atom stereocenters. The molecule has 0 radical (unpaired) electrons. The largest absolute Gasteiger partial charge is 0.480 e. The van der Waals surface area contributed by atoms with Crippen LogP contribution in [-0.4, -0.2) is 33.4 Å². The van der Waals surface area contributed by atoms with Crippen molar-refractivity contribution in [2.24, 2.45) is 5.92 Å². The van der Waals surface area contributed by atoms with Gasteiger partial charge in [-0.2, -0.15) is 0 Å². The number of aromatic nitrogens is 1. The molecule has 6 nitrogen and oxygen atoms in total. The van der Waals surface area contributed by atoms with Crippen molar-refractivity contribution < 1.29 is 19.5 Å². The number of fused-ring (bicyclic) bond motifs is 1. The molecule has 1 heterocycles. The highest BCUT2D eigenvalue weighted by Crippen LogP contribution is 2.22. The second kappa shape index (κ2) is 7.96. The fourth-order valence-electron chi connectivity index (χ4n) is 2.86. The zero-order valence-electron chi connectivity index (χ0n) is 14.8. The maximum absolute atomic E-state index is 12.2. The van der Waals surface area contributed by atoms with Crippen molar-refractivity contribution in [1.82, 2.24) is 9.88 Å². The van der Waals surface area contributed by atoms with Crippen molar-refractivity contribution in [3.8, 4) is 0 Å². The Kier molecular flexibility index (Phi) is 5.96. The van der Waals surface area contributed by atoms with Crippen LogP contribution in [0.15, 0.2) is 30.5 Å². The number of aliphatic carboxylic acids is 1. The minimum absolute atomic E-state index is 0.0258. The van der Waals surface area contributed by atoms with Crippen molar-refractivity contribution >= 4 is 28.6 Å². The third-order valence-electron chi connectivity index (χ3n) is 4.54. The molecule has 2 N–H and O–H groups in total. The molecule has 25 heavy (non-hydrogen) atoms. The topological polar surface area (TPSA) is 88.4 Å². The molecule has 0 aliphatic heterocycles. The first-order valence-corrected chi connectivity index (χ1v) is 8.46. The number of ketones is 1. The Morgan fingerprint density at radius 2 is 1.92 bits per heavy atom. The summed E-state index contributed by atoms with van der Waals surface area (Å²) >= 11 is 0. The summed E-state index contributed by atoms with van der Waals surface area (Å²) in [6.07, 6.45) is 2.57. The van der Waals surface area contributed by atoms with Gasteiger partial charge in [-0.3, -0.25) is 9.59 Å². The minimum atomic E-state index is -1.02. The molecular formula is C19H24N2O4. The summed E-state index contributed by atoms with van der Waals surface area (Å²) in [6, 6.07) is 6.65. The van der Waals surface area contributed by atoms with E-state index in [-0.39, 0.29) is 24.0 Å². The monoisotopic (exact) mass is 344 g/mol. The molecule has 0 aliphatic rings. The van der Waals surface area contributed by atoms with Crippen LogP contribution in [0.4, 0.5) is 0 Å². The Morgan fingerprint density at radius 1 is 1.24 bits per heavy atom. The second-order valence-corrected chi connectivity index (χ2v) is 6.33. The predicted octanol–water partition coefficient (Wildman–Crippen LogP) is 2.85. The zero-order chi connectivity index (χ0) is 18.6. The first kappa shape index (κ1) is 18.7. The smallest absolute Gasteiger partial charge is 0.326 e. The summed E-state index contributed by atoms with van der Waals surface area (Å²) in [6.45, 7) is 5.59. The van der Waals surface area contributed by atoms with Crippen LogP contribution in [0.1, 0.15) is 44.0 Å². The first-order chi connectivity index (χ1) is 11.8. The summed E-state index contributed by atoms with van der Waals surface area (Å²) in [5, 5.41) is 12.7. The van der Waals surface area contributed by atoms with Gasteiger partial charge in [-0.1, -0.05) is 38.5 Å². The third kappa shape index (κ3) is 4.26. The number of hydrogen-bond donors (Lipinski definition) is 2. The number of carboxylic acid groups (broad SMARTS) is 1. The van der Waals surface area contributed by atoms with E-state index in [1.807, 2.05) is 35.8 Å². The fraction of sp³-hybridized carbons (Fsp3) is 0.421. The molecule has 0 fully saturated rings. The molecule has 1 aromatic heterocycles. The third-order valence-corrected chi connectivity index (χ3v) is 4.54. The number of amides is 1. The number of nitrogens with zero attached hydrogens (tertiary/aromatic N) is 1. The average Bonchev–Trinajstić information content (AvgIpc) is 2.96. The maximum atomic E-state index is 12.2. The van der Waals surface area contributed by atoms with Gasteiger partial charge in [0, 0.05) is 35.6 Å². The lowest BCUT2D eigenvalue weighted by atomic mass is 9.99. The Bertz CT molecular complexity index is 794. The number of benzene rings is 1. The lowest BCUT2D eigenvalue weighted by molar-refractivity contribution is -0.143. The normalized spacial score (nSPS) is 13.4. The molecule has 2 aromatic rings. The quantitative estimate of drug-likeness (QED) is 0.721. The van der Waals surface area contributed by atoms with Gasteiger partial charge in [0.05, 0.1) is 0 Å². The van der Waals surface area contributed by atoms with Gasteiger partial charge in [0.25, 0.3) is 0 Å². The highest BCUT2D eigenvalue weighted by Gasteiger charge is 2.25. The standard InChI is InChI=1S/C19H24N2O4/c1-4-12(2)18(19(24)25)20-17(23)9-10-21-11-15(13(3)22)14-7-5-6-8-16(14)21/h5-8,11-12,18H,4,9-10H2,1-3H3,(H,20,23)(H,24,25)/t12-,18+/m1/s1. The lowest BCUT2D eigenvalue weighted by Crippen LogP contribution is -2.45. The number of para-hydroxylation sites is 1. The number of nitrogens with one attached hydrogen (secondary N) is 1. The molecule has 6 heteroatoms. The fourth-order valence-corrected chi connectivity index (χ4v) is 2.86. The van der Waals surface area contributed by atoms with E-state index in [4.69, 9.17) is 0 Å². The molecule has 0 aliphatic carbocycles. The van der Waals surface area contributed by atoms with E-state index in [0.29, 0.717) is 18.5 Å². The SMILES string of the molecule is CC[C@@H](C)[C@H](NC(=O)CCn1cc(C(C)=O)c2ccccc21)C(=O)O. The number of carbonyl (C=O) groups excluding carboxylic acids is 2. The van der Waals surface area contributed by atoms with Crippen molar-refractivity contribution in [3.05, 3.63) is 36.0 Å². The van der Waals surface area contributed by atoms with Crippen LogP contribution in [0.5, 0.6) is 0 Å². The van der Waals surface area contributed by atoms with Crippen molar-refractivity contribution in [2.45, 2.75) is 46.2 Å². The van der Waals surface area contributed by atoms with Gasteiger partial charge in [0.1, 0.15) is 6.04 Å². The molecule has 1 aromatic carbocycles. The molecule has 0 bridgehead atoms. The minimum Gasteiger partial charge on any atom is -0.480 e. The Hall–Kier alpha value is -2.63. The van der Waals surface area contributed by atoms with E-state index in [1.54, 1.807) is 13.1 Å². The molecule has 134 valence electrons. The molecule has 1 amide bonds. The van der Waals surface area contributed by atoms with Crippen LogP contribution >= 0.6 is 0 Å². The van der Waals surface area contributed by atoms with Crippen LogP contribution < -0.4 is 5.32 Å². The van der Waals surface area contributed by atoms with Gasteiger partial charge in [-0.25, -0.2) is 4.79 Å². The highest BCUT2D eigenvalue weighted by molar-refractivity contribution is 6.07. The summed E-state index contributed by atoms with van der Waals surface area (Å²) in [5.41, 5.74) is 1.51. The highest BCUT2D eigenvalue weighted by atomic mass is 16.4. The zero-order valence-corrected chi connectivity index (χ0v) is 14.8. The van der Waals surface area contributed by atoms with E-state index in [1.165, 1.54) is 6.92 Å². The Labute approximate surface area is 146 Å². The van der Waals surface area contributed by atoms with Gasteiger partial charge < -0.3 is 15.0 Å². The van der Waals surface area contributed by atoms with Gasteiger partial charge in [0.15, 0.2) is 5.78 Å². The summed E-state index contributed by atoms with van der Waals surface area (Å²) in [5.74, 6) is -1.50. The first-order valence-electron chi connectivity index (χ1n) is 8.46. The van der Waals surface area contributed by atoms with Crippen LogP contribution in [0.3, 0.4) is 0 Å². The Balaban J connectivity index is 2.11. The summed E-state index contributed by atoms with van der Waals surface area (Å²) in [4.78, 5) is 35.3. The van der Waals surface area contributed by atoms with Crippen LogP contribution in [0, 0.1) is 5.92 Å². The van der Waals surface area contributed by atoms with Crippen molar-refractivity contribution in [2.75, 3.05) is 0 Å². The van der Waals surface area contributed by atoms with E-state index < -0.39 is 12.0 Å². The van der Waals surface area contributed by atoms with Gasteiger partial charge >= 0.3 is 5.97 Å². The lowest BCUT2D eigenvalue weighted by Gasteiger charge is -2.20. The van der Waals surface area contributed by atoms with Crippen LogP contribution in [0.2, 0.25) is 0 Å². The number of carboxylic acids is 1. The van der Waals surface area contributed by atoms with Crippen molar-refractivity contribution in [1.29, 1.82) is 0 Å². The van der Waals surface area contributed by atoms with Gasteiger partial charge in [-0.05, 0) is 18.9 Å². The molecule has 0 saturated carbocycles. The summed E-state index contributed by atoms with van der Waals surface area (Å²) in [7, 11) is 0. The molecular weight excluding hydrogens is 320 g/mol.